The molecule has 0 aromatic heterocycles. The van der Waals surface area contributed by atoms with E-state index in [1.54, 1.807) is 18.2 Å². The zero-order valence-corrected chi connectivity index (χ0v) is 11.9. The number of ether oxygens (including phenoxy) is 1. The molecule has 0 aliphatic carbocycles. The van der Waals surface area contributed by atoms with Crippen molar-refractivity contribution in [2.45, 2.75) is 13.8 Å². The van der Waals surface area contributed by atoms with Crippen molar-refractivity contribution in [2.75, 3.05) is 18.2 Å². The molecule has 0 saturated carbocycles. The standard InChI is InChI=1S/C16H18N2O2/c1-10-6-11(2)8-13(7-10)18-15-5-4-12(9-14(15)17)16(19)20-3/h4-9,18H,17H2,1-3H3. The normalized spacial score (nSPS) is 10.2. The summed E-state index contributed by atoms with van der Waals surface area (Å²) >= 11 is 0. The first-order valence-corrected chi connectivity index (χ1v) is 6.33. The maximum atomic E-state index is 11.4. The molecule has 2 rings (SSSR count). The maximum Gasteiger partial charge on any atom is 0.337 e. The van der Waals surface area contributed by atoms with Crippen LogP contribution in [0, 0.1) is 13.8 Å². The third kappa shape index (κ3) is 3.09. The van der Waals surface area contributed by atoms with Gasteiger partial charge in [0, 0.05) is 5.69 Å². The maximum absolute atomic E-state index is 11.4. The molecule has 2 aromatic rings. The Bertz CT molecular complexity index is 631. The lowest BCUT2D eigenvalue weighted by atomic mass is 10.1. The Morgan fingerprint density at radius 3 is 2.30 bits per heavy atom. The summed E-state index contributed by atoms with van der Waals surface area (Å²) in [5, 5.41) is 3.26. The number of esters is 1. The minimum Gasteiger partial charge on any atom is -0.465 e. The van der Waals surface area contributed by atoms with Gasteiger partial charge in [0.15, 0.2) is 0 Å². The number of nitrogens with two attached hydrogens (primary N) is 1. The predicted octanol–water partition coefficient (Wildman–Crippen LogP) is 3.42. The fourth-order valence-corrected chi connectivity index (χ4v) is 2.12. The molecule has 0 spiro atoms. The zero-order valence-electron chi connectivity index (χ0n) is 11.9. The van der Waals surface area contributed by atoms with Gasteiger partial charge in [0.2, 0.25) is 0 Å². The zero-order chi connectivity index (χ0) is 14.7. The lowest BCUT2D eigenvalue weighted by molar-refractivity contribution is 0.0601. The number of aryl methyl sites for hydroxylation is 2. The number of benzene rings is 2. The van der Waals surface area contributed by atoms with Gasteiger partial charge in [0.1, 0.15) is 0 Å². The van der Waals surface area contributed by atoms with Crippen molar-refractivity contribution in [1.29, 1.82) is 0 Å². The number of rotatable bonds is 3. The van der Waals surface area contributed by atoms with Crippen LogP contribution >= 0.6 is 0 Å². The smallest absolute Gasteiger partial charge is 0.337 e. The van der Waals surface area contributed by atoms with E-state index >= 15 is 0 Å². The van der Waals surface area contributed by atoms with E-state index in [1.165, 1.54) is 18.2 Å². The van der Waals surface area contributed by atoms with Crippen molar-refractivity contribution in [3.05, 3.63) is 53.1 Å². The molecule has 0 atom stereocenters. The van der Waals surface area contributed by atoms with Crippen LogP contribution in [-0.4, -0.2) is 13.1 Å². The quantitative estimate of drug-likeness (QED) is 0.662. The van der Waals surface area contributed by atoms with E-state index in [9.17, 15) is 4.79 Å². The molecule has 0 unspecified atom stereocenters. The minimum atomic E-state index is -0.394. The molecule has 0 amide bonds. The van der Waals surface area contributed by atoms with Crippen LogP contribution in [0.3, 0.4) is 0 Å². The van der Waals surface area contributed by atoms with Gasteiger partial charge < -0.3 is 15.8 Å². The van der Waals surface area contributed by atoms with E-state index in [0.717, 1.165) is 11.4 Å². The van der Waals surface area contributed by atoms with Gasteiger partial charge >= 0.3 is 5.97 Å². The Morgan fingerprint density at radius 1 is 1.10 bits per heavy atom. The summed E-state index contributed by atoms with van der Waals surface area (Å²) < 4.78 is 4.67. The summed E-state index contributed by atoms with van der Waals surface area (Å²) in [6.07, 6.45) is 0. The Labute approximate surface area is 118 Å². The Hall–Kier alpha value is -2.49. The Balaban J connectivity index is 2.27. The first-order valence-electron chi connectivity index (χ1n) is 6.33. The van der Waals surface area contributed by atoms with Crippen LogP contribution in [0.15, 0.2) is 36.4 Å². The van der Waals surface area contributed by atoms with Gasteiger partial charge in [-0.2, -0.15) is 0 Å². The molecule has 0 saturated heterocycles. The fraction of sp³-hybridized carbons (Fsp3) is 0.188. The SMILES string of the molecule is COC(=O)c1ccc(Nc2cc(C)cc(C)c2)c(N)c1. The molecule has 0 heterocycles. The first kappa shape index (κ1) is 13.9. The van der Waals surface area contributed by atoms with Gasteiger partial charge in [0.05, 0.1) is 24.0 Å². The number of hydrogen-bond donors (Lipinski definition) is 2. The highest BCUT2D eigenvalue weighted by Crippen LogP contribution is 2.25. The third-order valence-corrected chi connectivity index (χ3v) is 2.97. The van der Waals surface area contributed by atoms with Crippen molar-refractivity contribution in [3.63, 3.8) is 0 Å². The average Bonchev–Trinajstić information content (AvgIpc) is 2.39. The number of methoxy groups -OCH3 is 1. The van der Waals surface area contributed by atoms with Crippen LogP contribution < -0.4 is 11.1 Å². The summed E-state index contributed by atoms with van der Waals surface area (Å²) in [6.45, 7) is 4.09. The van der Waals surface area contributed by atoms with Crippen LogP contribution in [0.2, 0.25) is 0 Å². The van der Waals surface area contributed by atoms with Crippen LogP contribution in [0.5, 0.6) is 0 Å². The van der Waals surface area contributed by atoms with Crippen molar-refractivity contribution in [2.24, 2.45) is 0 Å². The van der Waals surface area contributed by atoms with E-state index in [1.807, 2.05) is 26.0 Å². The molecule has 104 valence electrons. The number of nitrogens with one attached hydrogen (secondary N) is 1. The van der Waals surface area contributed by atoms with Crippen molar-refractivity contribution in [1.82, 2.24) is 0 Å². The van der Waals surface area contributed by atoms with Crippen molar-refractivity contribution in [3.8, 4) is 0 Å². The second-order valence-corrected chi connectivity index (χ2v) is 4.79. The molecule has 3 N–H and O–H groups in total. The molecule has 4 nitrogen and oxygen atoms in total. The summed E-state index contributed by atoms with van der Waals surface area (Å²) in [4.78, 5) is 11.4. The van der Waals surface area contributed by atoms with Gasteiger partial charge in [-0.15, -0.1) is 0 Å². The highest BCUT2D eigenvalue weighted by atomic mass is 16.5. The third-order valence-electron chi connectivity index (χ3n) is 2.97. The summed E-state index contributed by atoms with van der Waals surface area (Å²) in [6, 6.07) is 11.3. The van der Waals surface area contributed by atoms with Crippen LogP contribution in [0.25, 0.3) is 0 Å². The first-order chi connectivity index (χ1) is 9.49. The van der Waals surface area contributed by atoms with E-state index in [-0.39, 0.29) is 0 Å². The lowest BCUT2D eigenvalue weighted by Crippen LogP contribution is -2.04. The molecular formula is C16H18N2O2. The van der Waals surface area contributed by atoms with Gasteiger partial charge in [-0.05, 0) is 55.3 Å². The van der Waals surface area contributed by atoms with E-state index in [2.05, 4.69) is 16.1 Å². The number of anilines is 3. The summed E-state index contributed by atoms with van der Waals surface area (Å²) in [5.74, 6) is -0.394. The number of carbonyl (C=O) groups excluding carboxylic acids is 1. The van der Waals surface area contributed by atoms with Crippen molar-refractivity contribution < 1.29 is 9.53 Å². The predicted molar refractivity (Wildman–Crippen MR) is 81.4 cm³/mol. The number of hydrogen-bond acceptors (Lipinski definition) is 4. The number of carbonyl (C=O) groups is 1. The fourth-order valence-electron chi connectivity index (χ4n) is 2.12. The van der Waals surface area contributed by atoms with Gasteiger partial charge in [-0.3, -0.25) is 0 Å². The van der Waals surface area contributed by atoms with E-state index < -0.39 is 5.97 Å². The van der Waals surface area contributed by atoms with E-state index in [4.69, 9.17) is 5.73 Å². The van der Waals surface area contributed by atoms with Gasteiger partial charge in [0.25, 0.3) is 0 Å². The molecule has 0 radical (unpaired) electrons. The molecule has 2 aromatic carbocycles. The molecule has 0 bridgehead atoms. The van der Waals surface area contributed by atoms with Crippen LogP contribution in [0.4, 0.5) is 17.1 Å². The second-order valence-electron chi connectivity index (χ2n) is 4.79. The highest BCUT2D eigenvalue weighted by molar-refractivity contribution is 5.92. The molecule has 0 fully saturated rings. The molecule has 4 heteroatoms. The van der Waals surface area contributed by atoms with Crippen molar-refractivity contribution >= 4 is 23.0 Å². The largest absolute Gasteiger partial charge is 0.465 e. The monoisotopic (exact) mass is 270 g/mol. The van der Waals surface area contributed by atoms with Gasteiger partial charge in [-0.1, -0.05) is 6.07 Å². The Kier molecular flexibility index (Phi) is 3.94. The average molecular weight is 270 g/mol. The molecule has 0 aliphatic heterocycles. The summed E-state index contributed by atoms with van der Waals surface area (Å²) in [5.41, 5.74) is 11.0. The van der Waals surface area contributed by atoms with Gasteiger partial charge in [-0.25, -0.2) is 4.79 Å². The topological polar surface area (TPSA) is 64.3 Å². The summed E-state index contributed by atoms with van der Waals surface area (Å²) in [7, 11) is 1.35. The van der Waals surface area contributed by atoms with Crippen LogP contribution in [-0.2, 0) is 4.74 Å². The Morgan fingerprint density at radius 2 is 1.75 bits per heavy atom. The number of nitrogen functional groups attached to an aromatic ring is 1. The molecule has 20 heavy (non-hydrogen) atoms. The van der Waals surface area contributed by atoms with E-state index in [0.29, 0.717) is 11.3 Å². The molecule has 0 aliphatic rings. The minimum absolute atomic E-state index is 0.394. The lowest BCUT2D eigenvalue weighted by Gasteiger charge is -2.12. The highest BCUT2D eigenvalue weighted by Gasteiger charge is 2.08. The van der Waals surface area contributed by atoms with Crippen LogP contribution in [0.1, 0.15) is 21.5 Å². The second kappa shape index (κ2) is 5.65. The molecular weight excluding hydrogens is 252 g/mol.